The van der Waals surface area contributed by atoms with Crippen LogP contribution in [-0.2, 0) is 0 Å². The standard InChI is InChI=1S/C58H39NS/c1-3-15-43(16-4-1)50-20-9-10-22-54(50)58-51(44-17-5-2-6-18-44)23-13-24-55(58)59(48-33-28-41(29-34-48)46-27-26-40-14-7-8-19-45(40)38-46)49-35-30-42(31-36-49)47-32-37-53-52-21-11-12-25-56(52)60-57(53)39-47/h1-39H. The molecule has 282 valence electrons. The van der Waals surface area contributed by atoms with E-state index in [0.29, 0.717) is 0 Å². The van der Waals surface area contributed by atoms with Gasteiger partial charge in [-0.1, -0.05) is 188 Å². The fraction of sp³-hybridized carbons (Fsp3) is 0. The molecular formula is C58H39NS. The van der Waals surface area contributed by atoms with Crippen LogP contribution in [0.3, 0.4) is 0 Å². The quantitative estimate of drug-likeness (QED) is 0.148. The van der Waals surface area contributed by atoms with E-state index in [2.05, 4.69) is 241 Å². The van der Waals surface area contributed by atoms with Gasteiger partial charge in [0.2, 0.25) is 0 Å². The van der Waals surface area contributed by atoms with Crippen LogP contribution in [0.2, 0.25) is 0 Å². The second-order valence-corrected chi connectivity index (χ2v) is 16.4. The molecule has 1 nitrogen and oxygen atoms in total. The van der Waals surface area contributed by atoms with Gasteiger partial charge in [0.15, 0.2) is 0 Å². The number of hydrogen-bond donors (Lipinski definition) is 0. The summed E-state index contributed by atoms with van der Waals surface area (Å²) < 4.78 is 2.63. The Labute approximate surface area is 354 Å². The van der Waals surface area contributed by atoms with E-state index in [1.165, 1.54) is 86.6 Å². The van der Waals surface area contributed by atoms with Crippen molar-refractivity contribution < 1.29 is 0 Å². The predicted octanol–water partition coefficient (Wildman–Crippen LogP) is 17.0. The molecule has 0 saturated heterocycles. The highest BCUT2D eigenvalue weighted by molar-refractivity contribution is 7.25. The van der Waals surface area contributed by atoms with E-state index in [9.17, 15) is 0 Å². The second kappa shape index (κ2) is 15.3. The smallest absolute Gasteiger partial charge is 0.0546 e. The molecule has 0 unspecified atom stereocenters. The van der Waals surface area contributed by atoms with Gasteiger partial charge in [0.1, 0.15) is 0 Å². The molecule has 1 heterocycles. The summed E-state index contributed by atoms with van der Waals surface area (Å²) >= 11 is 1.86. The van der Waals surface area contributed by atoms with Crippen molar-refractivity contribution in [2.24, 2.45) is 0 Å². The van der Waals surface area contributed by atoms with Crippen molar-refractivity contribution in [3.05, 3.63) is 237 Å². The van der Waals surface area contributed by atoms with Crippen molar-refractivity contribution in [1.82, 2.24) is 0 Å². The highest BCUT2D eigenvalue weighted by atomic mass is 32.1. The van der Waals surface area contributed by atoms with Crippen LogP contribution >= 0.6 is 11.3 Å². The average molecular weight is 782 g/mol. The second-order valence-electron chi connectivity index (χ2n) is 15.3. The summed E-state index contributed by atoms with van der Waals surface area (Å²) in [6, 6.07) is 86.2. The molecule has 1 aromatic heterocycles. The maximum absolute atomic E-state index is 2.44. The van der Waals surface area contributed by atoms with Crippen LogP contribution in [0.4, 0.5) is 17.1 Å². The van der Waals surface area contributed by atoms with Gasteiger partial charge in [-0.2, -0.15) is 0 Å². The van der Waals surface area contributed by atoms with Gasteiger partial charge in [-0.25, -0.2) is 0 Å². The van der Waals surface area contributed by atoms with E-state index >= 15 is 0 Å². The van der Waals surface area contributed by atoms with Gasteiger partial charge in [0.05, 0.1) is 5.69 Å². The van der Waals surface area contributed by atoms with Crippen molar-refractivity contribution in [1.29, 1.82) is 0 Å². The van der Waals surface area contributed by atoms with E-state index in [1.54, 1.807) is 0 Å². The Balaban J connectivity index is 1.09. The van der Waals surface area contributed by atoms with Gasteiger partial charge in [-0.3, -0.25) is 0 Å². The zero-order valence-corrected chi connectivity index (χ0v) is 33.7. The van der Waals surface area contributed by atoms with Gasteiger partial charge in [0, 0.05) is 37.1 Å². The number of fused-ring (bicyclic) bond motifs is 4. The summed E-state index contributed by atoms with van der Waals surface area (Å²) in [5.41, 5.74) is 15.2. The van der Waals surface area contributed by atoms with Crippen LogP contribution in [0.1, 0.15) is 0 Å². The zero-order valence-electron chi connectivity index (χ0n) is 32.9. The molecule has 2 heteroatoms. The Morgan fingerprint density at radius 1 is 0.283 bits per heavy atom. The molecule has 0 aliphatic rings. The van der Waals surface area contributed by atoms with Crippen LogP contribution in [0, 0.1) is 0 Å². The minimum atomic E-state index is 1.09. The third-order valence-corrected chi connectivity index (χ3v) is 12.8. The van der Waals surface area contributed by atoms with Gasteiger partial charge in [0.25, 0.3) is 0 Å². The number of hydrogen-bond acceptors (Lipinski definition) is 2. The molecule has 0 bridgehead atoms. The summed E-state index contributed by atoms with van der Waals surface area (Å²) in [6.07, 6.45) is 0. The normalized spacial score (nSPS) is 11.3. The van der Waals surface area contributed by atoms with E-state index < -0.39 is 0 Å². The molecular weight excluding hydrogens is 743 g/mol. The molecule has 0 aliphatic heterocycles. The lowest BCUT2D eigenvalue weighted by molar-refractivity contribution is 1.28. The molecule has 0 N–H and O–H groups in total. The summed E-state index contributed by atoms with van der Waals surface area (Å²) in [5, 5.41) is 5.13. The van der Waals surface area contributed by atoms with Crippen molar-refractivity contribution in [3.8, 4) is 55.6 Å². The third kappa shape index (κ3) is 6.54. The molecule has 11 aromatic rings. The van der Waals surface area contributed by atoms with Crippen LogP contribution in [0.25, 0.3) is 86.6 Å². The maximum Gasteiger partial charge on any atom is 0.0546 e. The summed E-state index contributed by atoms with van der Waals surface area (Å²) in [6.45, 7) is 0. The molecule has 11 rings (SSSR count). The highest BCUT2D eigenvalue weighted by Gasteiger charge is 2.23. The van der Waals surface area contributed by atoms with E-state index in [4.69, 9.17) is 0 Å². The number of nitrogens with zero attached hydrogens (tertiary/aromatic N) is 1. The molecule has 0 amide bonds. The molecule has 0 radical (unpaired) electrons. The topological polar surface area (TPSA) is 3.24 Å². The third-order valence-electron chi connectivity index (χ3n) is 11.7. The fourth-order valence-electron chi connectivity index (χ4n) is 8.75. The van der Waals surface area contributed by atoms with Gasteiger partial charge in [-0.15, -0.1) is 11.3 Å². The first kappa shape index (κ1) is 35.6. The fourth-order valence-corrected chi connectivity index (χ4v) is 9.89. The lowest BCUT2D eigenvalue weighted by Gasteiger charge is -2.30. The monoisotopic (exact) mass is 781 g/mol. The van der Waals surface area contributed by atoms with Crippen molar-refractivity contribution in [2.45, 2.75) is 0 Å². The van der Waals surface area contributed by atoms with Gasteiger partial charge in [-0.05, 0) is 109 Å². The molecule has 0 spiro atoms. The van der Waals surface area contributed by atoms with E-state index in [1.807, 2.05) is 11.3 Å². The number of rotatable bonds is 8. The Bertz CT molecular complexity index is 3290. The van der Waals surface area contributed by atoms with Crippen LogP contribution in [-0.4, -0.2) is 0 Å². The molecule has 0 saturated carbocycles. The summed E-state index contributed by atoms with van der Waals surface area (Å²) in [5.74, 6) is 0. The van der Waals surface area contributed by atoms with Gasteiger partial charge >= 0.3 is 0 Å². The Morgan fingerprint density at radius 3 is 1.52 bits per heavy atom. The minimum Gasteiger partial charge on any atom is -0.310 e. The first-order valence-electron chi connectivity index (χ1n) is 20.5. The lowest BCUT2D eigenvalue weighted by atomic mass is 9.87. The van der Waals surface area contributed by atoms with Crippen LogP contribution < -0.4 is 4.90 Å². The molecule has 0 aliphatic carbocycles. The number of thiophene rings is 1. The predicted molar refractivity (Wildman–Crippen MR) is 259 cm³/mol. The highest BCUT2D eigenvalue weighted by Crippen LogP contribution is 2.48. The average Bonchev–Trinajstić information content (AvgIpc) is 3.70. The minimum absolute atomic E-state index is 1.09. The first-order valence-corrected chi connectivity index (χ1v) is 21.3. The van der Waals surface area contributed by atoms with E-state index in [0.717, 1.165) is 17.1 Å². The molecule has 0 atom stereocenters. The number of anilines is 3. The van der Waals surface area contributed by atoms with Crippen LogP contribution in [0.5, 0.6) is 0 Å². The van der Waals surface area contributed by atoms with Gasteiger partial charge < -0.3 is 4.90 Å². The lowest BCUT2D eigenvalue weighted by Crippen LogP contribution is -2.12. The van der Waals surface area contributed by atoms with E-state index in [-0.39, 0.29) is 0 Å². The van der Waals surface area contributed by atoms with Crippen molar-refractivity contribution in [2.75, 3.05) is 4.90 Å². The largest absolute Gasteiger partial charge is 0.310 e. The Hall–Kier alpha value is -7.52. The Morgan fingerprint density at radius 2 is 0.800 bits per heavy atom. The Kier molecular flexibility index (Phi) is 9.11. The molecule has 0 fully saturated rings. The number of benzene rings is 10. The maximum atomic E-state index is 2.44. The zero-order chi connectivity index (χ0) is 39.8. The summed E-state index contributed by atoms with van der Waals surface area (Å²) in [7, 11) is 0. The van der Waals surface area contributed by atoms with Crippen LogP contribution in [0.15, 0.2) is 237 Å². The van der Waals surface area contributed by atoms with Crippen molar-refractivity contribution in [3.63, 3.8) is 0 Å². The molecule has 60 heavy (non-hydrogen) atoms. The van der Waals surface area contributed by atoms with Crippen molar-refractivity contribution >= 4 is 59.3 Å². The summed E-state index contributed by atoms with van der Waals surface area (Å²) in [4.78, 5) is 2.44. The SMILES string of the molecule is c1ccc(-c2ccccc2-c2c(-c3ccccc3)cccc2N(c2ccc(-c3ccc4ccccc4c3)cc2)c2ccc(-c3ccc4c(c3)sc3ccccc34)cc2)cc1. The molecule has 10 aromatic carbocycles. The first-order chi connectivity index (χ1) is 29.7.